The molecule has 0 amide bonds. The van der Waals surface area contributed by atoms with E-state index in [-0.39, 0.29) is 18.7 Å². The Bertz CT molecular complexity index is 1130. The Labute approximate surface area is 232 Å². The topological polar surface area (TPSA) is 117 Å². The number of nitrogens with two attached hydrogens (primary N) is 1. The van der Waals surface area contributed by atoms with Gasteiger partial charge in [0.15, 0.2) is 0 Å². The van der Waals surface area contributed by atoms with E-state index in [4.69, 9.17) is 19.7 Å². The molecule has 2 aromatic carbocycles. The maximum Gasteiger partial charge on any atom is 0.328 e. The van der Waals surface area contributed by atoms with Crippen LogP contribution in [0.1, 0.15) is 47.1 Å². The van der Waals surface area contributed by atoms with Gasteiger partial charge in [-0.05, 0) is 50.8 Å². The molecule has 0 aromatic heterocycles. The van der Waals surface area contributed by atoms with E-state index in [1.54, 1.807) is 34.6 Å². The van der Waals surface area contributed by atoms with Crippen LogP contribution in [0.4, 0.5) is 0 Å². The SMILES string of the molecule is C=C(N[C@@H](C)C(=O)OCC)[C@H](Cc1ccc(-c2ccccc2)cc1)CP(=O)(OC(C)OC(=O)C(C)C)[C@H](C)N. The molecular formula is C30H43N2O6P. The van der Waals surface area contributed by atoms with Crippen molar-refractivity contribution in [2.24, 2.45) is 17.6 Å². The van der Waals surface area contributed by atoms with Crippen molar-refractivity contribution in [3.8, 4) is 11.1 Å². The Balaban J connectivity index is 2.30. The molecule has 2 unspecified atom stereocenters. The highest BCUT2D eigenvalue weighted by atomic mass is 31.2. The Kier molecular flexibility index (Phi) is 12.4. The number of carbonyl (C=O) groups excluding carboxylic acids is 2. The van der Waals surface area contributed by atoms with E-state index in [1.165, 1.54) is 6.92 Å². The Hall–Kier alpha value is -2.93. The highest BCUT2D eigenvalue weighted by molar-refractivity contribution is 7.59. The highest BCUT2D eigenvalue weighted by Gasteiger charge is 2.36. The van der Waals surface area contributed by atoms with Gasteiger partial charge in [-0.1, -0.05) is 75.0 Å². The van der Waals surface area contributed by atoms with Crippen LogP contribution in [-0.4, -0.2) is 42.8 Å². The third-order valence-corrected chi connectivity index (χ3v) is 9.10. The van der Waals surface area contributed by atoms with Crippen molar-refractivity contribution in [1.29, 1.82) is 0 Å². The quantitative estimate of drug-likeness (QED) is 0.162. The molecule has 0 heterocycles. The zero-order chi connectivity index (χ0) is 29.2. The molecule has 3 N–H and O–H groups in total. The molecule has 2 rings (SSSR count). The van der Waals surface area contributed by atoms with Gasteiger partial charge >= 0.3 is 11.9 Å². The number of hydrogen-bond acceptors (Lipinski definition) is 8. The summed E-state index contributed by atoms with van der Waals surface area (Å²) < 4.78 is 30.3. The van der Waals surface area contributed by atoms with Crippen LogP contribution in [0.3, 0.4) is 0 Å². The van der Waals surface area contributed by atoms with Crippen LogP contribution < -0.4 is 11.1 Å². The van der Waals surface area contributed by atoms with E-state index in [9.17, 15) is 14.2 Å². The fourth-order valence-electron chi connectivity index (χ4n) is 3.95. The molecule has 0 fully saturated rings. The number of ether oxygens (including phenoxy) is 2. The van der Waals surface area contributed by atoms with Crippen molar-refractivity contribution >= 4 is 19.3 Å². The van der Waals surface area contributed by atoms with E-state index < -0.39 is 43.3 Å². The van der Waals surface area contributed by atoms with E-state index in [0.717, 1.165) is 16.7 Å². The van der Waals surface area contributed by atoms with Crippen molar-refractivity contribution in [2.75, 3.05) is 12.8 Å². The number of esters is 2. The Morgan fingerprint density at radius 1 is 0.949 bits per heavy atom. The number of benzene rings is 2. The molecule has 5 atom stereocenters. The summed E-state index contributed by atoms with van der Waals surface area (Å²) in [5, 5.41) is 3.11. The second-order valence-electron chi connectivity index (χ2n) is 10.0. The molecule has 0 aliphatic heterocycles. The Morgan fingerprint density at radius 3 is 2.08 bits per heavy atom. The summed E-state index contributed by atoms with van der Waals surface area (Å²) in [4.78, 5) is 24.3. The second-order valence-corrected chi connectivity index (χ2v) is 12.9. The van der Waals surface area contributed by atoms with Crippen LogP contribution in [0, 0.1) is 11.8 Å². The normalized spacial score (nSPS) is 15.9. The fraction of sp³-hybridized carbons (Fsp3) is 0.467. The highest BCUT2D eigenvalue weighted by Crippen LogP contribution is 2.53. The monoisotopic (exact) mass is 558 g/mol. The average Bonchev–Trinajstić information content (AvgIpc) is 2.89. The van der Waals surface area contributed by atoms with Gasteiger partial charge in [0.05, 0.1) is 18.3 Å². The largest absolute Gasteiger partial charge is 0.464 e. The lowest BCUT2D eigenvalue weighted by molar-refractivity contribution is -0.165. The summed E-state index contributed by atoms with van der Waals surface area (Å²) in [7, 11) is -3.53. The van der Waals surface area contributed by atoms with Crippen LogP contribution in [0.2, 0.25) is 0 Å². The van der Waals surface area contributed by atoms with E-state index in [2.05, 4.69) is 11.9 Å². The lowest BCUT2D eigenvalue weighted by Crippen LogP contribution is -2.38. The van der Waals surface area contributed by atoms with Crippen LogP contribution in [-0.2, 0) is 34.6 Å². The van der Waals surface area contributed by atoms with Crippen LogP contribution in [0.5, 0.6) is 0 Å². The summed E-state index contributed by atoms with van der Waals surface area (Å²) in [5.41, 5.74) is 9.86. The molecule has 9 heteroatoms. The third kappa shape index (κ3) is 9.95. The molecule has 39 heavy (non-hydrogen) atoms. The van der Waals surface area contributed by atoms with Gasteiger partial charge in [-0.2, -0.15) is 0 Å². The van der Waals surface area contributed by atoms with E-state index in [1.807, 2.05) is 54.6 Å². The van der Waals surface area contributed by atoms with Crippen molar-refractivity contribution < 1.29 is 28.2 Å². The standard InChI is InChI=1S/C30H43N2O6P/c1-8-36-30(34)22(5)32-21(4)28(18-25-14-16-27(17-15-25)26-12-10-9-11-13-26)19-39(35,23(6)31)38-24(7)37-29(33)20(2)3/h9-17,20,22-24,28,32H,4,8,18-19,31H2,1-3,5-7H3/t22-,23+,24?,28+,39?/m0/s1. The van der Waals surface area contributed by atoms with Gasteiger partial charge in [0.25, 0.3) is 0 Å². The van der Waals surface area contributed by atoms with Gasteiger partial charge in [-0.15, -0.1) is 0 Å². The molecule has 0 spiro atoms. The summed E-state index contributed by atoms with van der Waals surface area (Å²) in [6, 6.07) is 17.5. The number of carbonyl (C=O) groups is 2. The van der Waals surface area contributed by atoms with Crippen molar-refractivity contribution in [3.63, 3.8) is 0 Å². The van der Waals surface area contributed by atoms with Gasteiger partial charge in [0, 0.05) is 17.8 Å². The number of hydrogen-bond donors (Lipinski definition) is 2. The minimum absolute atomic E-state index is 0.0377. The predicted molar refractivity (Wildman–Crippen MR) is 155 cm³/mol. The molecule has 214 valence electrons. The van der Waals surface area contributed by atoms with Gasteiger partial charge < -0.3 is 20.5 Å². The average molecular weight is 559 g/mol. The number of nitrogens with one attached hydrogen (secondary N) is 1. The molecule has 0 saturated carbocycles. The lowest BCUT2D eigenvalue weighted by Gasteiger charge is -2.31. The van der Waals surface area contributed by atoms with Crippen molar-refractivity contribution in [1.82, 2.24) is 5.32 Å². The first-order chi connectivity index (χ1) is 18.4. The van der Waals surface area contributed by atoms with Crippen molar-refractivity contribution in [2.45, 2.75) is 66.1 Å². The van der Waals surface area contributed by atoms with Crippen LogP contribution >= 0.6 is 7.37 Å². The van der Waals surface area contributed by atoms with Gasteiger partial charge in [-0.25, -0.2) is 4.79 Å². The Morgan fingerprint density at radius 2 is 1.54 bits per heavy atom. The minimum atomic E-state index is -3.53. The zero-order valence-electron chi connectivity index (χ0n) is 23.9. The molecular weight excluding hydrogens is 515 g/mol. The first-order valence-electron chi connectivity index (χ1n) is 13.4. The smallest absolute Gasteiger partial charge is 0.328 e. The minimum Gasteiger partial charge on any atom is -0.464 e. The van der Waals surface area contributed by atoms with Crippen LogP contribution in [0.15, 0.2) is 66.9 Å². The molecule has 0 aliphatic rings. The summed E-state index contributed by atoms with van der Waals surface area (Å²) in [5.74, 6) is -2.45. The summed E-state index contributed by atoms with van der Waals surface area (Å²) in [6.45, 7) is 14.4. The third-order valence-electron chi connectivity index (χ3n) is 6.25. The molecule has 0 bridgehead atoms. The number of allylic oxidation sites excluding steroid dienone is 1. The second kappa shape index (κ2) is 15.0. The van der Waals surface area contributed by atoms with Gasteiger partial charge in [0.2, 0.25) is 13.7 Å². The lowest BCUT2D eigenvalue weighted by atomic mass is 9.96. The van der Waals surface area contributed by atoms with E-state index >= 15 is 0 Å². The zero-order valence-corrected chi connectivity index (χ0v) is 24.8. The maximum atomic E-state index is 14.0. The van der Waals surface area contributed by atoms with Crippen LogP contribution in [0.25, 0.3) is 11.1 Å². The maximum absolute atomic E-state index is 14.0. The predicted octanol–water partition coefficient (Wildman–Crippen LogP) is 5.71. The first-order valence-corrected chi connectivity index (χ1v) is 15.2. The fourth-order valence-corrected chi connectivity index (χ4v) is 6.07. The molecule has 0 aliphatic carbocycles. The molecule has 2 aromatic rings. The molecule has 0 radical (unpaired) electrons. The van der Waals surface area contributed by atoms with Gasteiger partial charge in [-0.3, -0.25) is 13.9 Å². The van der Waals surface area contributed by atoms with Gasteiger partial charge in [0.1, 0.15) is 6.04 Å². The first kappa shape index (κ1) is 32.3. The summed E-state index contributed by atoms with van der Waals surface area (Å²) >= 11 is 0. The van der Waals surface area contributed by atoms with Crippen molar-refractivity contribution in [3.05, 3.63) is 72.4 Å². The summed E-state index contributed by atoms with van der Waals surface area (Å²) in [6.07, 6.45) is -0.533. The molecule has 0 saturated heterocycles. The number of rotatable bonds is 15. The van der Waals surface area contributed by atoms with E-state index in [0.29, 0.717) is 12.1 Å². The molecule has 8 nitrogen and oxygen atoms in total.